The Bertz CT molecular complexity index is 294. The smallest absolute Gasteiger partial charge is 0.0263 e. The van der Waals surface area contributed by atoms with Crippen molar-refractivity contribution in [3.63, 3.8) is 0 Å². The molecule has 3 rings (SSSR count). The molecule has 3 fully saturated rings. The van der Waals surface area contributed by atoms with Crippen molar-refractivity contribution in [2.45, 2.75) is 64.1 Å². The molecule has 4 atom stereocenters. The van der Waals surface area contributed by atoms with E-state index in [1.807, 2.05) is 0 Å². The molecule has 0 aliphatic carbocycles. The molecule has 110 valence electrons. The van der Waals surface area contributed by atoms with Crippen LogP contribution in [0.25, 0.3) is 0 Å². The van der Waals surface area contributed by atoms with Gasteiger partial charge in [0.1, 0.15) is 0 Å². The van der Waals surface area contributed by atoms with E-state index >= 15 is 0 Å². The van der Waals surface area contributed by atoms with E-state index in [9.17, 15) is 0 Å². The van der Waals surface area contributed by atoms with Gasteiger partial charge in [-0.1, -0.05) is 13.3 Å². The molecule has 0 bridgehead atoms. The molecular formula is C16H31N3. The van der Waals surface area contributed by atoms with Crippen LogP contribution in [-0.2, 0) is 0 Å². The van der Waals surface area contributed by atoms with Crippen LogP contribution in [-0.4, -0.2) is 60.6 Å². The van der Waals surface area contributed by atoms with Crippen molar-refractivity contribution in [1.82, 2.24) is 15.1 Å². The summed E-state index contributed by atoms with van der Waals surface area (Å²) in [6, 6.07) is 2.42. The monoisotopic (exact) mass is 265 g/mol. The quantitative estimate of drug-likeness (QED) is 0.781. The number of hydrogen-bond acceptors (Lipinski definition) is 3. The Morgan fingerprint density at radius 1 is 0.842 bits per heavy atom. The van der Waals surface area contributed by atoms with Crippen molar-refractivity contribution in [1.29, 1.82) is 0 Å². The van der Waals surface area contributed by atoms with Gasteiger partial charge in [-0.05, 0) is 58.2 Å². The van der Waals surface area contributed by atoms with Gasteiger partial charge in [-0.2, -0.15) is 0 Å². The predicted octanol–water partition coefficient (Wildman–Crippen LogP) is 1.93. The summed E-state index contributed by atoms with van der Waals surface area (Å²) in [4.78, 5) is 5.62. The molecule has 3 heteroatoms. The number of nitrogens with one attached hydrogen (secondary N) is 1. The van der Waals surface area contributed by atoms with Crippen LogP contribution in [0.15, 0.2) is 0 Å². The number of fused-ring (bicyclic) bond motifs is 1. The highest BCUT2D eigenvalue weighted by Crippen LogP contribution is 2.31. The number of piperidine rings is 1. The van der Waals surface area contributed by atoms with Crippen LogP contribution in [0.3, 0.4) is 0 Å². The van der Waals surface area contributed by atoms with E-state index in [0.29, 0.717) is 6.04 Å². The second kappa shape index (κ2) is 6.11. The zero-order chi connectivity index (χ0) is 13.2. The lowest BCUT2D eigenvalue weighted by molar-refractivity contribution is 0.0929. The van der Waals surface area contributed by atoms with Gasteiger partial charge in [0.05, 0.1) is 0 Å². The van der Waals surface area contributed by atoms with Crippen LogP contribution in [0.1, 0.15) is 46.0 Å². The minimum absolute atomic E-state index is 0.689. The minimum atomic E-state index is 0.689. The molecule has 3 saturated heterocycles. The van der Waals surface area contributed by atoms with Crippen molar-refractivity contribution >= 4 is 0 Å². The Balaban J connectivity index is 1.65. The zero-order valence-corrected chi connectivity index (χ0v) is 12.8. The first-order valence-corrected chi connectivity index (χ1v) is 8.45. The molecule has 3 nitrogen and oxygen atoms in total. The Labute approximate surface area is 118 Å². The van der Waals surface area contributed by atoms with E-state index in [-0.39, 0.29) is 0 Å². The van der Waals surface area contributed by atoms with Gasteiger partial charge < -0.3 is 5.32 Å². The Kier molecular flexibility index (Phi) is 4.45. The number of hydrogen-bond donors (Lipinski definition) is 1. The van der Waals surface area contributed by atoms with Gasteiger partial charge in [0.2, 0.25) is 0 Å². The van der Waals surface area contributed by atoms with Crippen molar-refractivity contribution in [3.8, 4) is 0 Å². The van der Waals surface area contributed by atoms with Gasteiger partial charge >= 0.3 is 0 Å². The van der Waals surface area contributed by atoms with Gasteiger partial charge in [-0.3, -0.25) is 9.80 Å². The summed E-state index contributed by atoms with van der Waals surface area (Å²) in [5.74, 6) is 0.792. The molecule has 0 aromatic heterocycles. The zero-order valence-electron chi connectivity index (χ0n) is 12.8. The Morgan fingerprint density at radius 3 is 2.53 bits per heavy atom. The average molecular weight is 265 g/mol. The fraction of sp³-hybridized carbons (Fsp3) is 1.00. The lowest BCUT2D eigenvalue weighted by Gasteiger charge is -2.40. The Morgan fingerprint density at radius 2 is 1.63 bits per heavy atom. The molecule has 0 aromatic rings. The topological polar surface area (TPSA) is 18.5 Å². The third-order valence-corrected chi connectivity index (χ3v) is 5.50. The normalized spacial score (nSPS) is 42.6. The molecule has 0 aromatic carbocycles. The molecule has 1 N–H and O–H groups in total. The second-order valence-electron chi connectivity index (χ2n) is 7.15. The molecule has 0 amide bonds. The molecule has 3 aliphatic heterocycles. The SMILES string of the molecule is CC1CNC(C)CCN(C2CCN3CCCCC23)C1. The first kappa shape index (κ1) is 13.8. The predicted molar refractivity (Wildman–Crippen MR) is 80.4 cm³/mol. The van der Waals surface area contributed by atoms with Crippen molar-refractivity contribution < 1.29 is 0 Å². The molecule has 19 heavy (non-hydrogen) atoms. The van der Waals surface area contributed by atoms with Crippen LogP contribution in [0.2, 0.25) is 0 Å². The van der Waals surface area contributed by atoms with E-state index in [0.717, 1.165) is 18.0 Å². The van der Waals surface area contributed by atoms with E-state index in [2.05, 4.69) is 29.0 Å². The highest BCUT2D eigenvalue weighted by Gasteiger charge is 2.39. The van der Waals surface area contributed by atoms with Crippen LogP contribution < -0.4 is 5.32 Å². The molecule has 0 spiro atoms. The summed E-state index contributed by atoms with van der Waals surface area (Å²) in [5.41, 5.74) is 0. The van der Waals surface area contributed by atoms with Gasteiger partial charge in [-0.15, -0.1) is 0 Å². The minimum Gasteiger partial charge on any atom is -0.314 e. The fourth-order valence-electron chi connectivity index (χ4n) is 4.37. The third kappa shape index (κ3) is 3.14. The number of nitrogens with zero attached hydrogens (tertiary/aromatic N) is 2. The molecule has 4 unspecified atom stereocenters. The largest absolute Gasteiger partial charge is 0.314 e. The third-order valence-electron chi connectivity index (χ3n) is 5.50. The summed E-state index contributed by atoms with van der Waals surface area (Å²) < 4.78 is 0. The Hall–Kier alpha value is -0.120. The molecule has 0 saturated carbocycles. The lowest BCUT2D eigenvalue weighted by Crippen LogP contribution is -2.51. The second-order valence-corrected chi connectivity index (χ2v) is 7.15. The first-order valence-electron chi connectivity index (χ1n) is 8.45. The maximum atomic E-state index is 3.66. The summed E-state index contributed by atoms with van der Waals surface area (Å²) in [6.07, 6.45) is 7.07. The van der Waals surface area contributed by atoms with Gasteiger partial charge in [0.15, 0.2) is 0 Å². The molecule has 3 aliphatic rings. The van der Waals surface area contributed by atoms with Gasteiger partial charge in [0, 0.05) is 31.2 Å². The van der Waals surface area contributed by atoms with Crippen molar-refractivity contribution in [3.05, 3.63) is 0 Å². The van der Waals surface area contributed by atoms with E-state index in [1.165, 1.54) is 64.8 Å². The van der Waals surface area contributed by atoms with Crippen LogP contribution in [0, 0.1) is 5.92 Å². The van der Waals surface area contributed by atoms with Crippen LogP contribution in [0.4, 0.5) is 0 Å². The van der Waals surface area contributed by atoms with Crippen molar-refractivity contribution in [2.24, 2.45) is 5.92 Å². The maximum Gasteiger partial charge on any atom is 0.0263 e. The highest BCUT2D eigenvalue weighted by atomic mass is 15.3. The number of rotatable bonds is 1. The van der Waals surface area contributed by atoms with E-state index in [4.69, 9.17) is 0 Å². The first-order chi connectivity index (χ1) is 9.24. The summed E-state index contributed by atoms with van der Waals surface area (Å²) in [6.45, 7) is 11.3. The standard InChI is InChI=1S/C16H31N3/c1-13-11-17-14(2)6-9-19(12-13)16-7-10-18-8-4-3-5-15(16)18/h13-17H,3-12H2,1-2H3. The summed E-state index contributed by atoms with van der Waals surface area (Å²) in [5, 5.41) is 3.66. The van der Waals surface area contributed by atoms with E-state index in [1.54, 1.807) is 0 Å². The van der Waals surface area contributed by atoms with Crippen molar-refractivity contribution in [2.75, 3.05) is 32.7 Å². The van der Waals surface area contributed by atoms with Gasteiger partial charge in [0.25, 0.3) is 0 Å². The van der Waals surface area contributed by atoms with E-state index < -0.39 is 0 Å². The lowest BCUT2D eigenvalue weighted by atomic mass is 9.96. The molecule has 3 heterocycles. The van der Waals surface area contributed by atoms with Crippen LogP contribution in [0.5, 0.6) is 0 Å². The summed E-state index contributed by atoms with van der Waals surface area (Å²) in [7, 11) is 0. The van der Waals surface area contributed by atoms with Gasteiger partial charge in [-0.25, -0.2) is 0 Å². The molecular weight excluding hydrogens is 234 g/mol. The van der Waals surface area contributed by atoms with Crippen LogP contribution >= 0.6 is 0 Å². The highest BCUT2D eigenvalue weighted by molar-refractivity contribution is 4.96. The average Bonchev–Trinajstić information content (AvgIpc) is 2.83. The summed E-state index contributed by atoms with van der Waals surface area (Å²) >= 11 is 0. The maximum absolute atomic E-state index is 3.66. The fourth-order valence-corrected chi connectivity index (χ4v) is 4.37. The molecule has 0 radical (unpaired) electrons.